The zero-order valence-electron chi connectivity index (χ0n) is 6.05. The summed E-state index contributed by atoms with van der Waals surface area (Å²) in [6.45, 7) is 0. The summed E-state index contributed by atoms with van der Waals surface area (Å²) in [6.07, 6.45) is 3.82. The van der Waals surface area contributed by atoms with Crippen LogP contribution in [-0.4, -0.2) is 11.9 Å². The number of hydrogen-bond acceptors (Lipinski definition) is 2. The lowest BCUT2D eigenvalue weighted by Crippen LogP contribution is -2.34. The lowest BCUT2D eigenvalue weighted by atomic mass is 9.86. The molecule has 1 aliphatic rings. The maximum absolute atomic E-state index is 10.7. The third-order valence-electron chi connectivity index (χ3n) is 2.12. The molecule has 1 fully saturated rings. The Morgan fingerprint density at radius 1 is 1.40 bits per heavy atom. The Morgan fingerprint density at radius 2 is 2.10 bits per heavy atom. The van der Waals surface area contributed by atoms with Gasteiger partial charge in [0.1, 0.15) is 0 Å². The van der Waals surface area contributed by atoms with Crippen LogP contribution in [0.4, 0.5) is 0 Å². The Balaban J connectivity index is 2.39. The summed E-state index contributed by atoms with van der Waals surface area (Å²) in [5.41, 5.74) is 10.8. The molecule has 1 amide bonds. The molecule has 0 aromatic carbocycles. The van der Waals surface area contributed by atoms with Crippen molar-refractivity contribution in [3.63, 3.8) is 0 Å². The number of nitrogens with two attached hydrogens (primary N) is 2. The fraction of sp³-hybridized carbons (Fsp3) is 0.857. The van der Waals surface area contributed by atoms with Crippen molar-refractivity contribution >= 4 is 5.91 Å². The van der Waals surface area contributed by atoms with Gasteiger partial charge in [0.15, 0.2) is 0 Å². The van der Waals surface area contributed by atoms with Gasteiger partial charge in [-0.3, -0.25) is 4.79 Å². The first kappa shape index (κ1) is 7.54. The second-order valence-corrected chi connectivity index (χ2v) is 3.03. The molecule has 3 nitrogen and oxygen atoms in total. The molecular formula is C7H14N2O. The first-order chi connectivity index (χ1) is 4.70. The van der Waals surface area contributed by atoms with Gasteiger partial charge in [0.25, 0.3) is 0 Å². The zero-order chi connectivity index (χ0) is 7.56. The normalized spacial score (nSPS) is 33.7. The van der Waals surface area contributed by atoms with Crippen LogP contribution in [0.1, 0.15) is 25.7 Å². The molecule has 0 saturated heterocycles. The van der Waals surface area contributed by atoms with Crippen molar-refractivity contribution in [3.8, 4) is 0 Å². The molecule has 1 saturated carbocycles. The van der Waals surface area contributed by atoms with E-state index in [0.717, 1.165) is 25.7 Å². The Labute approximate surface area is 60.8 Å². The fourth-order valence-electron chi connectivity index (χ4n) is 1.49. The molecule has 0 aromatic rings. The highest BCUT2D eigenvalue weighted by Gasteiger charge is 2.22. The van der Waals surface area contributed by atoms with Gasteiger partial charge in [-0.2, -0.15) is 0 Å². The number of rotatable bonds is 1. The maximum atomic E-state index is 10.7. The Bertz CT molecular complexity index is 136. The number of primary amides is 1. The van der Waals surface area contributed by atoms with Crippen LogP contribution < -0.4 is 11.5 Å². The smallest absolute Gasteiger partial charge is 0.220 e. The van der Waals surface area contributed by atoms with E-state index in [9.17, 15) is 4.79 Å². The Hall–Kier alpha value is -0.570. The van der Waals surface area contributed by atoms with Crippen molar-refractivity contribution in [1.82, 2.24) is 0 Å². The van der Waals surface area contributed by atoms with Crippen molar-refractivity contribution in [1.29, 1.82) is 0 Å². The van der Waals surface area contributed by atoms with Crippen LogP contribution >= 0.6 is 0 Å². The first-order valence-corrected chi connectivity index (χ1v) is 3.75. The van der Waals surface area contributed by atoms with E-state index in [4.69, 9.17) is 11.5 Å². The van der Waals surface area contributed by atoms with Gasteiger partial charge in [0.05, 0.1) is 0 Å². The minimum Gasteiger partial charge on any atom is -0.369 e. The molecule has 3 heteroatoms. The van der Waals surface area contributed by atoms with E-state index in [2.05, 4.69) is 0 Å². The lowest BCUT2D eigenvalue weighted by Gasteiger charge is -2.23. The summed E-state index contributed by atoms with van der Waals surface area (Å²) < 4.78 is 0. The lowest BCUT2D eigenvalue weighted by molar-refractivity contribution is -0.122. The van der Waals surface area contributed by atoms with Gasteiger partial charge in [0.2, 0.25) is 5.91 Å². The maximum Gasteiger partial charge on any atom is 0.220 e. The monoisotopic (exact) mass is 142 g/mol. The van der Waals surface area contributed by atoms with E-state index in [1.165, 1.54) is 0 Å². The summed E-state index contributed by atoms with van der Waals surface area (Å²) in [4.78, 5) is 10.7. The second-order valence-electron chi connectivity index (χ2n) is 3.03. The van der Waals surface area contributed by atoms with E-state index in [1.807, 2.05) is 0 Å². The van der Waals surface area contributed by atoms with Crippen molar-refractivity contribution in [2.75, 3.05) is 0 Å². The number of hydrogen-bond donors (Lipinski definition) is 2. The van der Waals surface area contributed by atoms with Crippen molar-refractivity contribution < 1.29 is 4.79 Å². The van der Waals surface area contributed by atoms with Crippen molar-refractivity contribution in [2.45, 2.75) is 31.7 Å². The van der Waals surface area contributed by atoms with Crippen LogP contribution in [0.2, 0.25) is 0 Å². The van der Waals surface area contributed by atoms with Crippen LogP contribution in [-0.2, 0) is 4.79 Å². The standard InChI is InChI=1S/C7H14N2O/c8-6-3-1-2-5(4-6)7(9)10/h5-6H,1-4,8H2,(H2,9,10)/t5-,6+/m0/s1. The van der Waals surface area contributed by atoms with Crippen LogP contribution in [0.15, 0.2) is 0 Å². The third-order valence-corrected chi connectivity index (χ3v) is 2.12. The summed E-state index contributed by atoms with van der Waals surface area (Å²) in [6, 6.07) is 0.200. The molecule has 4 N–H and O–H groups in total. The summed E-state index contributed by atoms with van der Waals surface area (Å²) in [5.74, 6) is -0.140. The van der Waals surface area contributed by atoms with Gasteiger partial charge < -0.3 is 11.5 Å². The topological polar surface area (TPSA) is 69.1 Å². The molecule has 0 heterocycles. The third kappa shape index (κ3) is 1.70. The van der Waals surface area contributed by atoms with Gasteiger partial charge in [-0.05, 0) is 19.3 Å². The van der Waals surface area contributed by atoms with Crippen LogP contribution in [0.3, 0.4) is 0 Å². The van der Waals surface area contributed by atoms with E-state index in [0.29, 0.717) is 0 Å². The largest absolute Gasteiger partial charge is 0.369 e. The zero-order valence-corrected chi connectivity index (χ0v) is 6.05. The number of carbonyl (C=O) groups is 1. The number of carbonyl (C=O) groups excluding carboxylic acids is 1. The highest BCUT2D eigenvalue weighted by molar-refractivity contribution is 5.76. The second kappa shape index (κ2) is 3.01. The summed E-state index contributed by atoms with van der Waals surface area (Å²) in [5, 5.41) is 0. The highest BCUT2D eigenvalue weighted by atomic mass is 16.1. The van der Waals surface area contributed by atoms with Gasteiger partial charge in [-0.15, -0.1) is 0 Å². The summed E-state index contributed by atoms with van der Waals surface area (Å²) >= 11 is 0. The predicted molar refractivity (Wildman–Crippen MR) is 39.1 cm³/mol. The average Bonchev–Trinajstić information content (AvgIpc) is 1.88. The van der Waals surface area contributed by atoms with Crippen molar-refractivity contribution in [3.05, 3.63) is 0 Å². The molecule has 1 rings (SSSR count). The van der Waals surface area contributed by atoms with Crippen LogP contribution in [0.25, 0.3) is 0 Å². The van der Waals surface area contributed by atoms with Gasteiger partial charge in [0, 0.05) is 12.0 Å². The van der Waals surface area contributed by atoms with E-state index < -0.39 is 0 Å². The minimum atomic E-state index is -0.185. The minimum absolute atomic E-state index is 0.0451. The quantitative estimate of drug-likeness (QED) is 0.540. The van der Waals surface area contributed by atoms with Crippen LogP contribution in [0, 0.1) is 5.92 Å². The fourth-order valence-corrected chi connectivity index (χ4v) is 1.49. The Morgan fingerprint density at radius 3 is 2.50 bits per heavy atom. The molecule has 0 aromatic heterocycles. The summed E-state index contributed by atoms with van der Waals surface area (Å²) in [7, 11) is 0. The molecule has 0 aliphatic heterocycles. The van der Waals surface area contributed by atoms with Crippen molar-refractivity contribution in [2.24, 2.45) is 17.4 Å². The molecule has 1 aliphatic carbocycles. The molecule has 0 unspecified atom stereocenters. The highest BCUT2D eigenvalue weighted by Crippen LogP contribution is 2.22. The molecule has 2 atom stereocenters. The van der Waals surface area contributed by atoms with E-state index in [1.54, 1.807) is 0 Å². The van der Waals surface area contributed by atoms with Crippen LogP contribution in [0.5, 0.6) is 0 Å². The number of amides is 1. The Kier molecular flexibility index (Phi) is 2.27. The van der Waals surface area contributed by atoms with Gasteiger partial charge >= 0.3 is 0 Å². The molecular weight excluding hydrogens is 128 g/mol. The van der Waals surface area contributed by atoms with E-state index in [-0.39, 0.29) is 17.9 Å². The molecule has 0 bridgehead atoms. The predicted octanol–water partition coefficient (Wildman–Crippen LogP) is -0.0108. The molecule has 10 heavy (non-hydrogen) atoms. The first-order valence-electron chi connectivity index (χ1n) is 3.75. The van der Waals surface area contributed by atoms with E-state index >= 15 is 0 Å². The molecule has 0 radical (unpaired) electrons. The average molecular weight is 142 g/mol. The van der Waals surface area contributed by atoms with Gasteiger partial charge in [-0.1, -0.05) is 6.42 Å². The molecule has 0 spiro atoms. The van der Waals surface area contributed by atoms with Gasteiger partial charge in [-0.25, -0.2) is 0 Å². The molecule has 58 valence electrons. The SMILES string of the molecule is NC(=O)[C@H]1CCC[C@@H](N)C1.